The van der Waals surface area contributed by atoms with Gasteiger partial charge in [-0.15, -0.1) is 5.10 Å². The van der Waals surface area contributed by atoms with Crippen molar-refractivity contribution in [2.75, 3.05) is 19.1 Å². The molecule has 2 aromatic carbocycles. The Labute approximate surface area is 182 Å². The van der Waals surface area contributed by atoms with Crippen LogP contribution in [0.2, 0.25) is 0 Å². The smallest absolute Gasteiger partial charge is 0.247 e. The zero-order chi connectivity index (χ0) is 22.5. The van der Waals surface area contributed by atoms with Crippen molar-refractivity contribution in [3.8, 4) is 11.5 Å². The number of nitrogens with two attached hydrogens (primary N) is 1. The summed E-state index contributed by atoms with van der Waals surface area (Å²) < 4.78 is 23.8. The molecular formula is C21H21FN4O4S. The molecule has 0 radical (unpaired) electrons. The van der Waals surface area contributed by atoms with Crippen LogP contribution in [0.3, 0.4) is 0 Å². The van der Waals surface area contributed by atoms with Gasteiger partial charge in [0.1, 0.15) is 11.0 Å². The molecular weight excluding hydrogens is 423 g/mol. The number of ether oxygens (including phenoxy) is 2. The maximum atomic E-state index is 13.9. The molecule has 0 saturated carbocycles. The van der Waals surface area contributed by atoms with E-state index < -0.39 is 11.1 Å². The summed E-state index contributed by atoms with van der Waals surface area (Å²) in [6, 6.07) is 11.0. The second-order valence-corrected chi connectivity index (χ2v) is 7.77. The molecule has 0 spiro atoms. The fraction of sp³-hybridized carbons (Fsp3) is 0.238. The maximum Gasteiger partial charge on any atom is 0.247 e. The van der Waals surface area contributed by atoms with Gasteiger partial charge in [0.15, 0.2) is 16.7 Å². The normalized spacial score (nSPS) is 17.3. The van der Waals surface area contributed by atoms with E-state index in [1.807, 2.05) is 0 Å². The molecule has 2 N–H and O–H groups in total. The van der Waals surface area contributed by atoms with Gasteiger partial charge >= 0.3 is 0 Å². The van der Waals surface area contributed by atoms with Gasteiger partial charge in [0.05, 0.1) is 25.6 Å². The van der Waals surface area contributed by atoms with E-state index in [2.05, 4.69) is 10.2 Å². The Balaban J connectivity index is 1.69. The van der Waals surface area contributed by atoms with E-state index in [4.69, 9.17) is 15.2 Å². The van der Waals surface area contributed by atoms with Crippen LogP contribution in [0.1, 0.15) is 18.9 Å². The molecule has 3 rings (SSSR count). The van der Waals surface area contributed by atoms with E-state index >= 15 is 0 Å². The summed E-state index contributed by atoms with van der Waals surface area (Å²) in [6.07, 6.45) is -0.00185. The lowest BCUT2D eigenvalue weighted by Crippen LogP contribution is -2.31. The number of anilines is 1. The first-order valence-corrected chi connectivity index (χ1v) is 10.1. The minimum atomic E-state index is -0.702. The molecule has 1 aliphatic rings. The quantitative estimate of drug-likeness (QED) is 0.318. The third-order valence-electron chi connectivity index (χ3n) is 4.57. The molecule has 10 heteroatoms. The zero-order valence-electron chi connectivity index (χ0n) is 17.2. The minimum Gasteiger partial charge on any atom is -0.497 e. The van der Waals surface area contributed by atoms with Crippen molar-refractivity contribution < 1.29 is 23.5 Å². The van der Waals surface area contributed by atoms with Gasteiger partial charge < -0.3 is 15.2 Å². The highest BCUT2D eigenvalue weighted by Gasteiger charge is 2.40. The minimum absolute atomic E-state index is 0.00185. The van der Waals surface area contributed by atoms with Crippen molar-refractivity contribution >= 4 is 40.1 Å². The van der Waals surface area contributed by atoms with Gasteiger partial charge in [0.25, 0.3) is 0 Å². The van der Waals surface area contributed by atoms with Gasteiger partial charge in [0.2, 0.25) is 11.8 Å². The second-order valence-electron chi connectivity index (χ2n) is 6.55. The Morgan fingerprint density at radius 3 is 2.45 bits per heavy atom. The van der Waals surface area contributed by atoms with Crippen LogP contribution in [0.15, 0.2) is 52.7 Å². The predicted octanol–water partition coefficient (Wildman–Crippen LogP) is 2.95. The van der Waals surface area contributed by atoms with Crippen LogP contribution in [0.5, 0.6) is 11.5 Å². The van der Waals surface area contributed by atoms with E-state index in [0.29, 0.717) is 22.7 Å². The average Bonchev–Trinajstić information content (AvgIpc) is 3.04. The topological polar surface area (TPSA) is 107 Å². The van der Waals surface area contributed by atoms with Crippen molar-refractivity contribution in [2.45, 2.75) is 18.6 Å². The number of carbonyl (C=O) groups is 2. The molecule has 1 saturated heterocycles. The third-order valence-corrected chi connectivity index (χ3v) is 5.54. The number of nitrogens with zero attached hydrogens (tertiary/aromatic N) is 3. The van der Waals surface area contributed by atoms with Crippen LogP contribution in [0.25, 0.3) is 0 Å². The van der Waals surface area contributed by atoms with Crippen molar-refractivity contribution in [1.29, 1.82) is 0 Å². The Hall–Kier alpha value is -3.40. The van der Waals surface area contributed by atoms with E-state index in [1.165, 1.54) is 26.4 Å². The number of halogens is 1. The molecule has 1 aliphatic heterocycles. The van der Waals surface area contributed by atoms with E-state index in [-0.39, 0.29) is 29.2 Å². The van der Waals surface area contributed by atoms with Crippen LogP contribution in [0.4, 0.5) is 10.1 Å². The summed E-state index contributed by atoms with van der Waals surface area (Å²) in [7, 11) is 2.91. The van der Waals surface area contributed by atoms with Crippen LogP contribution < -0.4 is 20.1 Å². The number of imide groups is 1. The van der Waals surface area contributed by atoms with Gasteiger partial charge in [-0.3, -0.25) is 9.59 Å². The molecule has 1 heterocycles. The number of rotatable bonds is 6. The van der Waals surface area contributed by atoms with Gasteiger partial charge in [-0.1, -0.05) is 11.8 Å². The molecule has 31 heavy (non-hydrogen) atoms. The van der Waals surface area contributed by atoms with Crippen molar-refractivity contribution in [1.82, 2.24) is 0 Å². The van der Waals surface area contributed by atoms with E-state index in [9.17, 15) is 14.0 Å². The third kappa shape index (κ3) is 5.02. The first kappa shape index (κ1) is 22.3. The van der Waals surface area contributed by atoms with Crippen molar-refractivity contribution in [2.24, 2.45) is 15.9 Å². The highest BCUT2D eigenvalue weighted by atomic mass is 32.2. The summed E-state index contributed by atoms with van der Waals surface area (Å²) >= 11 is 0.961. The monoisotopic (exact) mass is 444 g/mol. The lowest BCUT2D eigenvalue weighted by atomic mass is 10.1. The highest BCUT2D eigenvalue weighted by molar-refractivity contribution is 8.14. The van der Waals surface area contributed by atoms with Gasteiger partial charge in [-0.05, 0) is 49.4 Å². The van der Waals surface area contributed by atoms with E-state index in [0.717, 1.165) is 16.7 Å². The summed E-state index contributed by atoms with van der Waals surface area (Å²) in [6.45, 7) is 1.65. The SMILES string of the molecule is COc1ccc(N2C(=O)C[C@H](SC(N)=N/N=C(/C)c3ccc(OC)c(F)c3)C2=O)cc1. The molecule has 0 aromatic heterocycles. The molecule has 2 aromatic rings. The van der Waals surface area contributed by atoms with Gasteiger partial charge in [0, 0.05) is 12.0 Å². The first-order valence-electron chi connectivity index (χ1n) is 9.23. The molecule has 162 valence electrons. The Morgan fingerprint density at radius 2 is 1.84 bits per heavy atom. The molecule has 0 aliphatic carbocycles. The van der Waals surface area contributed by atoms with Crippen molar-refractivity contribution in [3.63, 3.8) is 0 Å². The fourth-order valence-corrected chi connectivity index (χ4v) is 3.75. The number of amidine groups is 1. The Morgan fingerprint density at radius 1 is 1.13 bits per heavy atom. The number of methoxy groups -OCH3 is 2. The van der Waals surface area contributed by atoms with Crippen LogP contribution in [0, 0.1) is 5.82 Å². The number of hydrogen-bond donors (Lipinski definition) is 1. The average molecular weight is 444 g/mol. The maximum absolute atomic E-state index is 13.9. The standard InChI is InChI=1S/C21H21FN4O4S/c1-12(13-4-9-17(30-3)16(22)10-13)24-25-21(23)31-18-11-19(27)26(20(18)28)14-5-7-15(29-2)8-6-14/h4-10,18H,11H2,1-3H3,(H2,23,25)/b24-12-/t18-/m0/s1. The van der Waals surface area contributed by atoms with Gasteiger partial charge in [-0.2, -0.15) is 5.10 Å². The second kappa shape index (κ2) is 9.61. The number of carbonyl (C=O) groups excluding carboxylic acids is 2. The first-order chi connectivity index (χ1) is 14.8. The number of hydrogen-bond acceptors (Lipinski definition) is 7. The molecule has 1 atom stereocenters. The number of thioether (sulfide) groups is 1. The Kier molecular flexibility index (Phi) is 6.91. The zero-order valence-corrected chi connectivity index (χ0v) is 18.0. The number of amides is 2. The Bertz CT molecular complexity index is 1060. The predicted molar refractivity (Wildman–Crippen MR) is 118 cm³/mol. The van der Waals surface area contributed by atoms with Crippen LogP contribution in [-0.4, -0.2) is 42.2 Å². The molecule has 8 nitrogen and oxygen atoms in total. The summed E-state index contributed by atoms with van der Waals surface area (Å²) in [4.78, 5) is 26.2. The summed E-state index contributed by atoms with van der Waals surface area (Å²) in [5.41, 5.74) is 7.30. The van der Waals surface area contributed by atoms with Crippen LogP contribution in [-0.2, 0) is 9.59 Å². The van der Waals surface area contributed by atoms with Gasteiger partial charge in [-0.25, -0.2) is 9.29 Å². The fourth-order valence-electron chi connectivity index (χ4n) is 2.94. The molecule has 0 unspecified atom stereocenters. The van der Waals surface area contributed by atoms with Crippen molar-refractivity contribution in [3.05, 3.63) is 53.8 Å². The summed E-state index contributed by atoms with van der Waals surface area (Å²) in [5, 5.41) is 7.23. The largest absolute Gasteiger partial charge is 0.497 e. The van der Waals surface area contributed by atoms with Crippen LogP contribution >= 0.6 is 11.8 Å². The molecule has 0 bridgehead atoms. The number of benzene rings is 2. The molecule has 2 amide bonds. The lowest BCUT2D eigenvalue weighted by molar-refractivity contribution is -0.121. The van der Waals surface area contributed by atoms with E-state index in [1.54, 1.807) is 37.3 Å². The highest BCUT2D eigenvalue weighted by Crippen LogP contribution is 2.30. The summed E-state index contributed by atoms with van der Waals surface area (Å²) in [5.74, 6) is -0.476. The molecule has 1 fully saturated rings. The lowest BCUT2D eigenvalue weighted by Gasteiger charge is -2.15.